The Bertz CT molecular complexity index is 717. The van der Waals surface area contributed by atoms with Crippen LogP contribution >= 0.6 is 0 Å². The van der Waals surface area contributed by atoms with Gasteiger partial charge in [-0.3, -0.25) is 9.69 Å². The molecule has 0 saturated carbocycles. The molecule has 0 spiro atoms. The Hall–Kier alpha value is -2.20. The van der Waals surface area contributed by atoms with Gasteiger partial charge >= 0.3 is 5.97 Å². The van der Waals surface area contributed by atoms with Crippen molar-refractivity contribution in [3.8, 4) is 0 Å². The lowest BCUT2D eigenvalue weighted by Crippen LogP contribution is -2.35. The molecule has 2 aromatic rings. The maximum absolute atomic E-state index is 14.2. The second kappa shape index (κ2) is 7.14. The Kier molecular flexibility index (Phi) is 4.95. The summed E-state index contributed by atoms with van der Waals surface area (Å²) in [6.07, 6.45) is 1.56. The van der Waals surface area contributed by atoms with Gasteiger partial charge in [-0.1, -0.05) is 42.5 Å². The third kappa shape index (κ3) is 3.49. The molecule has 2 atom stereocenters. The largest absolute Gasteiger partial charge is 0.480 e. The van der Waals surface area contributed by atoms with Crippen molar-refractivity contribution in [3.63, 3.8) is 0 Å². The van der Waals surface area contributed by atoms with Crippen molar-refractivity contribution in [2.45, 2.75) is 18.8 Å². The van der Waals surface area contributed by atoms with Gasteiger partial charge < -0.3 is 5.11 Å². The zero-order valence-electron chi connectivity index (χ0n) is 13.8. The van der Waals surface area contributed by atoms with Crippen molar-refractivity contribution >= 4 is 5.97 Å². The molecule has 3 rings (SSSR count). The Morgan fingerprint density at radius 2 is 1.96 bits per heavy atom. The Morgan fingerprint density at radius 3 is 2.67 bits per heavy atom. The van der Waals surface area contributed by atoms with Crippen LogP contribution in [-0.4, -0.2) is 36.1 Å². The number of carboxylic acid groups (broad SMARTS) is 1. The highest BCUT2D eigenvalue weighted by Crippen LogP contribution is 2.41. The van der Waals surface area contributed by atoms with Crippen LogP contribution in [0.5, 0.6) is 0 Å². The summed E-state index contributed by atoms with van der Waals surface area (Å²) in [5.74, 6) is -0.588. The fourth-order valence-corrected chi connectivity index (χ4v) is 3.89. The van der Waals surface area contributed by atoms with E-state index in [9.17, 15) is 9.18 Å². The van der Waals surface area contributed by atoms with Gasteiger partial charge in [-0.05, 0) is 48.6 Å². The molecule has 4 heteroatoms. The second-order valence-electron chi connectivity index (χ2n) is 6.59. The van der Waals surface area contributed by atoms with E-state index in [-0.39, 0.29) is 24.2 Å². The number of hydrogen-bond acceptors (Lipinski definition) is 2. The minimum Gasteiger partial charge on any atom is -0.480 e. The summed E-state index contributed by atoms with van der Waals surface area (Å²) in [7, 11) is 1.83. The number of fused-ring (bicyclic) bond motifs is 1. The number of benzene rings is 2. The van der Waals surface area contributed by atoms with Crippen molar-refractivity contribution < 1.29 is 14.3 Å². The van der Waals surface area contributed by atoms with Gasteiger partial charge in [0.1, 0.15) is 5.82 Å². The van der Waals surface area contributed by atoms with E-state index in [2.05, 4.69) is 12.1 Å². The molecule has 0 heterocycles. The molecule has 24 heavy (non-hydrogen) atoms. The van der Waals surface area contributed by atoms with Crippen LogP contribution in [0.1, 0.15) is 29.0 Å². The quantitative estimate of drug-likeness (QED) is 0.913. The molecule has 0 aliphatic heterocycles. The van der Waals surface area contributed by atoms with Crippen LogP contribution < -0.4 is 0 Å². The molecule has 0 amide bonds. The third-order valence-electron chi connectivity index (χ3n) is 4.84. The Labute approximate surface area is 141 Å². The van der Waals surface area contributed by atoms with Crippen LogP contribution in [-0.2, 0) is 11.2 Å². The molecule has 0 saturated heterocycles. The number of carboxylic acids is 1. The fourth-order valence-electron chi connectivity index (χ4n) is 3.89. The number of hydrogen-bond donors (Lipinski definition) is 1. The van der Waals surface area contributed by atoms with E-state index >= 15 is 0 Å². The molecule has 0 radical (unpaired) electrons. The van der Waals surface area contributed by atoms with Crippen molar-refractivity contribution in [2.75, 3.05) is 20.1 Å². The number of rotatable bonds is 5. The topological polar surface area (TPSA) is 40.5 Å². The minimum atomic E-state index is -0.823. The average molecular weight is 327 g/mol. The van der Waals surface area contributed by atoms with E-state index < -0.39 is 5.97 Å². The Balaban J connectivity index is 1.96. The predicted octanol–water partition coefficient (Wildman–Crippen LogP) is 3.54. The highest BCUT2D eigenvalue weighted by Gasteiger charge is 2.32. The van der Waals surface area contributed by atoms with Crippen LogP contribution in [0.15, 0.2) is 48.5 Å². The molecular formula is C20H22FNO2. The van der Waals surface area contributed by atoms with E-state index in [4.69, 9.17) is 5.11 Å². The molecule has 126 valence electrons. The molecule has 1 aliphatic carbocycles. The SMILES string of the molecule is CN(CC(=O)O)CC1CCc2c(F)cccc2C1c1ccccc1. The molecule has 3 nitrogen and oxygen atoms in total. The maximum atomic E-state index is 14.2. The third-order valence-corrected chi connectivity index (χ3v) is 4.84. The molecule has 2 unspecified atom stereocenters. The number of aliphatic carboxylic acids is 1. The smallest absolute Gasteiger partial charge is 0.317 e. The molecule has 0 aromatic heterocycles. The van der Waals surface area contributed by atoms with E-state index in [1.54, 1.807) is 6.07 Å². The van der Waals surface area contributed by atoms with Crippen molar-refractivity contribution in [3.05, 3.63) is 71.0 Å². The van der Waals surface area contributed by atoms with Gasteiger partial charge in [0.05, 0.1) is 6.54 Å². The lowest BCUT2D eigenvalue weighted by atomic mass is 9.71. The summed E-state index contributed by atoms with van der Waals surface area (Å²) < 4.78 is 14.2. The molecule has 1 N–H and O–H groups in total. The van der Waals surface area contributed by atoms with E-state index in [1.165, 1.54) is 6.07 Å². The first-order valence-electron chi connectivity index (χ1n) is 8.29. The second-order valence-corrected chi connectivity index (χ2v) is 6.59. The van der Waals surface area contributed by atoms with Gasteiger partial charge in [0.25, 0.3) is 0 Å². The predicted molar refractivity (Wildman–Crippen MR) is 91.6 cm³/mol. The zero-order chi connectivity index (χ0) is 17.1. The lowest BCUT2D eigenvalue weighted by molar-refractivity contribution is -0.138. The molecule has 2 aromatic carbocycles. The highest BCUT2D eigenvalue weighted by molar-refractivity contribution is 5.69. The van der Waals surface area contributed by atoms with Gasteiger partial charge in [-0.15, -0.1) is 0 Å². The van der Waals surface area contributed by atoms with Crippen LogP contribution in [0.3, 0.4) is 0 Å². The monoisotopic (exact) mass is 327 g/mol. The summed E-state index contributed by atoms with van der Waals surface area (Å²) in [5, 5.41) is 9.00. The maximum Gasteiger partial charge on any atom is 0.317 e. The van der Waals surface area contributed by atoms with Gasteiger partial charge in [-0.25, -0.2) is 4.39 Å². The first kappa shape index (κ1) is 16.7. The molecular weight excluding hydrogens is 305 g/mol. The number of nitrogens with zero attached hydrogens (tertiary/aromatic N) is 1. The highest BCUT2D eigenvalue weighted by atomic mass is 19.1. The summed E-state index contributed by atoms with van der Waals surface area (Å²) >= 11 is 0. The fraction of sp³-hybridized carbons (Fsp3) is 0.350. The molecule has 0 bridgehead atoms. The summed E-state index contributed by atoms with van der Waals surface area (Å²) in [5.41, 5.74) is 3.02. The van der Waals surface area contributed by atoms with Crippen LogP contribution in [0.2, 0.25) is 0 Å². The van der Waals surface area contributed by atoms with Crippen molar-refractivity contribution in [1.29, 1.82) is 0 Å². The van der Waals surface area contributed by atoms with Crippen LogP contribution in [0.4, 0.5) is 4.39 Å². The molecule has 1 aliphatic rings. The van der Waals surface area contributed by atoms with Gasteiger partial charge in [0.2, 0.25) is 0 Å². The standard InChI is InChI=1S/C20H22FNO2/c1-22(13-19(23)24)12-15-10-11-16-17(8-5-9-18(16)21)20(15)14-6-3-2-4-7-14/h2-9,15,20H,10-13H2,1H3,(H,23,24). The Morgan fingerprint density at radius 1 is 1.21 bits per heavy atom. The number of halogens is 1. The number of carbonyl (C=O) groups is 1. The summed E-state index contributed by atoms with van der Waals surface area (Å²) in [6, 6.07) is 15.4. The normalized spacial score (nSPS) is 20.0. The summed E-state index contributed by atoms with van der Waals surface area (Å²) in [6.45, 7) is 0.704. The lowest BCUT2D eigenvalue weighted by Gasteiger charge is -2.36. The van der Waals surface area contributed by atoms with Gasteiger partial charge in [0, 0.05) is 12.5 Å². The van der Waals surface area contributed by atoms with Crippen molar-refractivity contribution in [2.24, 2.45) is 5.92 Å². The average Bonchev–Trinajstić information content (AvgIpc) is 2.55. The van der Waals surface area contributed by atoms with E-state index in [0.29, 0.717) is 13.0 Å². The van der Waals surface area contributed by atoms with Gasteiger partial charge in [0.15, 0.2) is 0 Å². The van der Waals surface area contributed by atoms with E-state index in [0.717, 1.165) is 23.1 Å². The zero-order valence-corrected chi connectivity index (χ0v) is 13.8. The molecule has 0 fully saturated rings. The minimum absolute atomic E-state index is 0.0218. The van der Waals surface area contributed by atoms with Crippen LogP contribution in [0, 0.1) is 11.7 Å². The van der Waals surface area contributed by atoms with Crippen molar-refractivity contribution in [1.82, 2.24) is 4.90 Å². The van der Waals surface area contributed by atoms with E-state index in [1.807, 2.05) is 36.2 Å². The first-order valence-corrected chi connectivity index (χ1v) is 8.29. The van der Waals surface area contributed by atoms with Crippen LogP contribution in [0.25, 0.3) is 0 Å². The first-order chi connectivity index (χ1) is 11.6. The van der Waals surface area contributed by atoms with Gasteiger partial charge in [-0.2, -0.15) is 0 Å². The number of likely N-dealkylation sites (N-methyl/N-ethyl adjacent to an activating group) is 1. The summed E-state index contributed by atoms with van der Waals surface area (Å²) in [4.78, 5) is 12.8.